The Morgan fingerprint density at radius 2 is 2.13 bits per heavy atom. The van der Waals surface area contributed by atoms with Gasteiger partial charge in [0, 0.05) is 24.4 Å². The molecule has 0 unspecified atom stereocenters. The number of rotatable bonds is 9. The van der Waals surface area contributed by atoms with Crippen molar-refractivity contribution in [2.75, 3.05) is 24.1 Å². The fourth-order valence-electron chi connectivity index (χ4n) is 3.02. The SMILES string of the molecule is C=CCOc1ccccc1CN(C(=O)CSc1nnnn1C)c1ccc2c(c1)OCO2. The van der Waals surface area contributed by atoms with E-state index in [1.54, 1.807) is 24.1 Å². The Balaban J connectivity index is 1.60. The van der Waals surface area contributed by atoms with Crippen molar-refractivity contribution in [2.45, 2.75) is 11.7 Å². The zero-order valence-corrected chi connectivity index (χ0v) is 17.7. The molecule has 10 heteroatoms. The maximum absolute atomic E-state index is 13.3. The normalized spacial score (nSPS) is 11.9. The van der Waals surface area contributed by atoms with Crippen LogP contribution in [-0.2, 0) is 18.4 Å². The van der Waals surface area contributed by atoms with Gasteiger partial charge in [-0.15, -0.1) is 5.10 Å². The van der Waals surface area contributed by atoms with E-state index in [-0.39, 0.29) is 18.5 Å². The van der Waals surface area contributed by atoms with Crippen molar-refractivity contribution in [3.05, 3.63) is 60.7 Å². The summed E-state index contributed by atoms with van der Waals surface area (Å²) in [7, 11) is 1.73. The topological polar surface area (TPSA) is 91.6 Å². The first-order valence-corrected chi connectivity index (χ1v) is 10.5. The van der Waals surface area contributed by atoms with Crippen LogP contribution in [0, 0.1) is 0 Å². The largest absolute Gasteiger partial charge is 0.489 e. The highest BCUT2D eigenvalue weighted by molar-refractivity contribution is 7.99. The molecule has 0 aliphatic carbocycles. The van der Waals surface area contributed by atoms with Crippen LogP contribution < -0.4 is 19.1 Å². The summed E-state index contributed by atoms with van der Waals surface area (Å²) in [5.74, 6) is 2.02. The number of thioether (sulfide) groups is 1. The van der Waals surface area contributed by atoms with Crippen molar-refractivity contribution in [1.82, 2.24) is 20.2 Å². The van der Waals surface area contributed by atoms with E-state index in [4.69, 9.17) is 14.2 Å². The first kappa shape index (κ1) is 20.7. The van der Waals surface area contributed by atoms with Gasteiger partial charge < -0.3 is 19.1 Å². The average molecular weight is 439 g/mol. The monoisotopic (exact) mass is 439 g/mol. The molecule has 3 aromatic rings. The highest BCUT2D eigenvalue weighted by Crippen LogP contribution is 2.36. The highest BCUT2D eigenvalue weighted by atomic mass is 32.2. The number of benzene rings is 2. The van der Waals surface area contributed by atoms with Crippen molar-refractivity contribution in [3.63, 3.8) is 0 Å². The van der Waals surface area contributed by atoms with Crippen LogP contribution in [0.25, 0.3) is 0 Å². The summed E-state index contributed by atoms with van der Waals surface area (Å²) in [5.41, 5.74) is 1.57. The predicted molar refractivity (Wildman–Crippen MR) is 115 cm³/mol. The molecule has 31 heavy (non-hydrogen) atoms. The number of anilines is 1. The fourth-order valence-corrected chi connectivity index (χ4v) is 3.74. The third kappa shape index (κ3) is 4.80. The minimum Gasteiger partial charge on any atom is -0.489 e. The number of aromatic nitrogens is 4. The first-order chi connectivity index (χ1) is 15.2. The quantitative estimate of drug-likeness (QED) is 0.371. The van der Waals surface area contributed by atoms with Crippen molar-refractivity contribution < 1.29 is 19.0 Å². The number of para-hydroxylation sites is 1. The Kier molecular flexibility index (Phi) is 6.37. The van der Waals surface area contributed by atoms with E-state index < -0.39 is 0 Å². The van der Waals surface area contributed by atoms with Gasteiger partial charge in [-0.2, -0.15) is 0 Å². The molecule has 160 valence electrons. The van der Waals surface area contributed by atoms with E-state index >= 15 is 0 Å². The minimum absolute atomic E-state index is 0.106. The van der Waals surface area contributed by atoms with Crippen LogP contribution in [0.15, 0.2) is 60.3 Å². The number of hydrogen-bond acceptors (Lipinski definition) is 8. The van der Waals surface area contributed by atoms with Crippen LogP contribution in [0.3, 0.4) is 0 Å². The molecular weight excluding hydrogens is 418 g/mol. The Morgan fingerprint density at radius 1 is 1.29 bits per heavy atom. The number of aryl methyl sites for hydroxylation is 1. The lowest BCUT2D eigenvalue weighted by atomic mass is 10.1. The lowest BCUT2D eigenvalue weighted by molar-refractivity contribution is -0.116. The summed E-state index contributed by atoms with van der Waals surface area (Å²) in [5, 5.41) is 11.9. The summed E-state index contributed by atoms with van der Waals surface area (Å²) in [6.07, 6.45) is 1.68. The number of carbonyl (C=O) groups is 1. The van der Waals surface area contributed by atoms with Crippen LogP contribution in [0.4, 0.5) is 5.69 Å². The summed E-state index contributed by atoms with van der Waals surface area (Å²) in [6, 6.07) is 13.1. The van der Waals surface area contributed by atoms with Crippen molar-refractivity contribution in [3.8, 4) is 17.2 Å². The molecule has 0 saturated carbocycles. The molecule has 0 saturated heterocycles. The second kappa shape index (κ2) is 9.52. The van der Waals surface area contributed by atoms with Gasteiger partial charge in [0.15, 0.2) is 11.5 Å². The van der Waals surface area contributed by atoms with E-state index in [2.05, 4.69) is 22.1 Å². The molecule has 2 aromatic carbocycles. The van der Waals surface area contributed by atoms with Crippen LogP contribution in [-0.4, -0.2) is 45.3 Å². The van der Waals surface area contributed by atoms with Crippen LogP contribution in [0.1, 0.15) is 5.56 Å². The number of carbonyl (C=O) groups excluding carboxylic acids is 1. The van der Waals surface area contributed by atoms with Crippen LogP contribution >= 0.6 is 11.8 Å². The zero-order valence-electron chi connectivity index (χ0n) is 16.9. The maximum atomic E-state index is 13.3. The zero-order chi connectivity index (χ0) is 21.6. The molecule has 1 aromatic heterocycles. The molecule has 2 heterocycles. The molecule has 9 nitrogen and oxygen atoms in total. The standard InChI is InChI=1S/C21H21N5O4S/c1-3-10-28-17-7-5-4-6-15(17)12-26(16-8-9-18-19(11-16)30-14-29-18)20(27)13-31-21-22-23-24-25(21)2/h3-9,11H,1,10,12-14H2,2H3. The Hall–Kier alpha value is -3.53. The van der Waals surface area contributed by atoms with E-state index in [0.29, 0.717) is 41.2 Å². The second-order valence-corrected chi connectivity index (χ2v) is 7.54. The van der Waals surface area contributed by atoms with E-state index in [9.17, 15) is 4.79 Å². The molecule has 1 amide bonds. The smallest absolute Gasteiger partial charge is 0.237 e. The maximum Gasteiger partial charge on any atom is 0.237 e. The summed E-state index contributed by atoms with van der Waals surface area (Å²) >= 11 is 1.27. The van der Waals surface area contributed by atoms with Gasteiger partial charge in [-0.25, -0.2) is 4.68 Å². The molecule has 4 rings (SSSR count). The van der Waals surface area contributed by atoms with E-state index in [1.165, 1.54) is 16.4 Å². The third-order valence-corrected chi connectivity index (χ3v) is 5.53. The lowest BCUT2D eigenvalue weighted by Crippen LogP contribution is -2.32. The molecule has 0 bridgehead atoms. The molecule has 0 atom stereocenters. The van der Waals surface area contributed by atoms with Crippen LogP contribution in [0.5, 0.6) is 17.2 Å². The number of nitrogens with zero attached hydrogens (tertiary/aromatic N) is 5. The van der Waals surface area contributed by atoms with Gasteiger partial charge in [0.05, 0.1) is 12.3 Å². The molecule has 1 aliphatic rings. The van der Waals surface area contributed by atoms with Gasteiger partial charge in [0.2, 0.25) is 17.9 Å². The van der Waals surface area contributed by atoms with Crippen molar-refractivity contribution in [2.24, 2.45) is 7.05 Å². The van der Waals surface area contributed by atoms with Gasteiger partial charge in [0.25, 0.3) is 0 Å². The van der Waals surface area contributed by atoms with E-state index in [1.807, 2.05) is 36.4 Å². The van der Waals surface area contributed by atoms with Gasteiger partial charge in [-0.05, 0) is 28.6 Å². The third-order valence-electron chi connectivity index (χ3n) is 4.53. The molecule has 0 N–H and O–H groups in total. The molecule has 1 aliphatic heterocycles. The minimum atomic E-state index is -0.106. The van der Waals surface area contributed by atoms with Crippen molar-refractivity contribution in [1.29, 1.82) is 0 Å². The summed E-state index contributed by atoms with van der Waals surface area (Å²) in [6.45, 7) is 4.56. The Labute approximate surface area is 183 Å². The number of hydrogen-bond donors (Lipinski definition) is 0. The van der Waals surface area contributed by atoms with Gasteiger partial charge >= 0.3 is 0 Å². The summed E-state index contributed by atoms with van der Waals surface area (Å²) < 4.78 is 18.2. The molecule has 0 fully saturated rings. The first-order valence-electron chi connectivity index (χ1n) is 9.52. The van der Waals surface area contributed by atoms with Gasteiger partial charge in [0.1, 0.15) is 12.4 Å². The Bertz CT molecular complexity index is 1090. The van der Waals surface area contributed by atoms with E-state index in [0.717, 1.165) is 5.56 Å². The van der Waals surface area contributed by atoms with Crippen molar-refractivity contribution >= 4 is 23.4 Å². The van der Waals surface area contributed by atoms with Crippen LogP contribution in [0.2, 0.25) is 0 Å². The second-order valence-electron chi connectivity index (χ2n) is 6.60. The number of ether oxygens (including phenoxy) is 3. The molecule has 0 radical (unpaired) electrons. The van der Waals surface area contributed by atoms with Gasteiger partial charge in [-0.3, -0.25) is 4.79 Å². The molecular formula is C21H21N5O4S. The molecule has 0 spiro atoms. The summed E-state index contributed by atoms with van der Waals surface area (Å²) in [4.78, 5) is 15.0. The Morgan fingerprint density at radius 3 is 2.94 bits per heavy atom. The van der Waals surface area contributed by atoms with Gasteiger partial charge in [-0.1, -0.05) is 42.6 Å². The highest BCUT2D eigenvalue weighted by Gasteiger charge is 2.22. The number of amides is 1. The predicted octanol–water partition coefficient (Wildman–Crippen LogP) is 2.83. The number of tetrazole rings is 1. The average Bonchev–Trinajstić information content (AvgIpc) is 3.43. The fraction of sp³-hybridized carbons (Fsp3) is 0.238. The lowest BCUT2D eigenvalue weighted by Gasteiger charge is -2.24. The number of fused-ring (bicyclic) bond motifs is 1.